The summed E-state index contributed by atoms with van der Waals surface area (Å²) >= 11 is 6.77. The van der Waals surface area contributed by atoms with Gasteiger partial charge in [0.05, 0.1) is 22.1 Å². The van der Waals surface area contributed by atoms with Crippen LogP contribution in [0.3, 0.4) is 0 Å². The molecule has 0 fully saturated rings. The van der Waals surface area contributed by atoms with Gasteiger partial charge < -0.3 is 0 Å². The molecule has 1 unspecified atom stereocenters. The van der Waals surface area contributed by atoms with Crippen molar-refractivity contribution >= 4 is 83.0 Å². The van der Waals surface area contributed by atoms with Gasteiger partial charge in [0, 0.05) is 51.4 Å². The highest BCUT2D eigenvalue weighted by atomic mass is 32.4. The zero-order chi connectivity index (χ0) is 26.0. The Labute approximate surface area is 228 Å². The molecular weight excluding hydrogens is 517 g/mol. The van der Waals surface area contributed by atoms with Gasteiger partial charge in [-0.15, -0.1) is 0 Å². The van der Waals surface area contributed by atoms with Crippen LogP contribution in [0.4, 0.5) is 0 Å². The lowest BCUT2D eigenvalue weighted by atomic mass is 10.1. The van der Waals surface area contributed by atoms with Gasteiger partial charge in [0.1, 0.15) is 12.0 Å². The van der Waals surface area contributed by atoms with Gasteiger partial charge in [0.15, 0.2) is 0 Å². The standard InChI is InChI=1S/C32H20N5PS/c39-38(23-7-6-16-33-19-23,22-15-14-21-18-34-20-35-27(21)17-22)30-13-5-12-29-31(30)36-32-26-10-2-1-8-24(26)25-9-3-4-11-28(25)37(29)32/h1-20H. The topological polar surface area (TPSA) is 56.0 Å². The Balaban J connectivity index is 1.53. The Morgan fingerprint density at radius 2 is 1.49 bits per heavy atom. The highest BCUT2D eigenvalue weighted by molar-refractivity contribution is 8.25. The third-order valence-corrected chi connectivity index (χ3v) is 12.4. The molecule has 8 aromatic rings. The number of aromatic nitrogens is 5. The molecule has 5 nitrogen and oxygen atoms in total. The third kappa shape index (κ3) is 3.22. The number of imidazole rings is 1. The Kier molecular flexibility index (Phi) is 4.90. The van der Waals surface area contributed by atoms with Gasteiger partial charge in [0.25, 0.3) is 0 Å². The number of hydrogen-bond acceptors (Lipinski definition) is 5. The van der Waals surface area contributed by atoms with Crippen LogP contribution in [-0.4, -0.2) is 24.3 Å². The maximum atomic E-state index is 6.77. The molecule has 4 aromatic carbocycles. The van der Waals surface area contributed by atoms with E-state index in [2.05, 4.69) is 110 Å². The number of para-hydroxylation sites is 2. The first-order valence-corrected chi connectivity index (χ1v) is 15.5. The zero-order valence-corrected chi connectivity index (χ0v) is 22.3. The van der Waals surface area contributed by atoms with Gasteiger partial charge in [-0.1, -0.05) is 84.6 Å². The number of hydrogen-bond donors (Lipinski definition) is 0. The van der Waals surface area contributed by atoms with Crippen molar-refractivity contribution in [3.63, 3.8) is 0 Å². The summed E-state index contributed by atoms with van der Waals surface area (Å²) in [5.41, 5.74) is 4.91. The molecule has 0 N–H and O–H groups in total. The molecule has 0 spiro atoms. The highest BCUT2D eigenvalue weighted by Crippen LogP contribution is 2.45. The van der Waals surface area contributed by atoms with E-state index in [1.165, 1.54) is 10.8 Å². The van der Waals surface area contributed by atoms with Gasteiger partial charge in [-0.25, -0.2) is 15.0 Å². The van der Waals surface area contributed by atoms with Crippen molar-refractivity contribution < 1.29 is 0 Å². The molecule has 8 rings (SSSR count). The lowest BCUT2D eigenvalue weighted by Gasteiger charge is -2.24. The van der Waals surface area contributed by atoms with E-state index >= 15 is 0 Å². The second-order valence-electron chi connectivity index (χ2n) is 9.56. The molecular formula is C32H20N5PS. The van der Waals surface area contributed by atoms with E-state index in [1.54, 1.807) is 12.5 Å². The van der Waals surface area contributed by atoms with Crippen molar-refractivity contribution in [3.8, 4) is 0 Å². The highest BCUT2D eigenvalue weighted by Gasteiger charge is 2.29. The fourth-order valence-corrected chi connectivity index (χ4v) is 9.53. The van der Waals surface area contributed by atoms with E-state index < -0.39 is 6.04 Å². The summed E-state index contributed by atoms with van der Waals surface area (Å²) in [6, 6.07) is 31.2. The lowest BCUT2D eigenvalue weighted by Crippen LogP contribution is -2.26. The maximum absolute atomic E-state index is 6.77. The van der Waals surface area contributed by atoms with Gasteiger partial charge in [-0.3, -0.25) is 9.38 Å². The molecule has 1 atom stereocenters. The fourth-order valence-electron chi connectivity index (χ4n) is 5.70. The van der Waals surface area contributed by atoms with Crippen LogP contribution in [0.5, 0.6) is 0 Å². The van der Waals surface area contributed by atoms with Crippen LogP contribution in [0.15, 0.2) is 122 Å². The molecule has 0 aliphatic carbocycles. The summed E-state index contributed by atoms with van der Waals surface area (Å²) in [7, 11) is 0. The molecule has 0 aliphatic heterocycles. The zero-order valence-electron chi connectivity index (χ0n) is 20.6. The fraction of sp³-hybridized carbons (Fsp3) is 0. The third-order valence-electron chi connectivity index (χ3n) is 7.47. The number of benzene rings is 4. The summed E-state index contributed by atoms with van der Waals surface area (Å²) < 4.78 is 2.28. The van der Waals surface area contributed by atoms with Crippen LogP contribution < -0.4 is 15.9 Å². The summed E-state index contributed by atoms with van der Waals surface area (Å²) in [5, 5.41) is 7.62. The molecule has 7 heteroatoms. The minimum atomic E-state index is -2.57. The monoisotopic (exact) mass is 537 g/mol. The van der Waals surface area contributed by atoms with Crippen molar-refractivity contribution in [2.24, 2.45) is 0 Å². The van der Waals surface area contributed by atoms with Crippen molar-refractivity contribution in [2.75, 3.05) is 0 Å². The van der Waals surface area contributed by atoms with Crippen molar-refractivity contribution in [1.29, 1.82) is 0 Å². The predicted molar refractivity (Wildman–Crippen MR) is 165 cm³/mol. The average Bonchev–Trinajstić information content (AvgIpc) is 3.41. The van der Waals surface area contributed by atoms with E-state index in [1.807, 2.05) is 18.5 Å². The average molecular weight is 538 g/mol. The van der Waals surface area contributed by atoms with E-state index in [9.17, 15) is 0 Å². The molecule has 4 heterocycles. The van der Waals surface area contributed by atoms with Crippen LogP contribution in [0.2, 0.25) is 0 Å². The molecule has 0 radical (unpaired) electrons. The minimum Gasteiger partial charge on any atom is -0.292 e. The molecule has 4 aromatic heterocycles. The normalized spacial score (nSPS) is 13.4. The largest absolute Gasteiger partial charge is 0.292 e. The Morgan fingerprint density at radius 3 is 2.36 bits per heavy atom. The predicted octanol–water partition coefficient (Wildman–Crippen LogP) is 5.89. The van der Waals surface area contributed by atoms with E-state index in [-0.39, 0.29) is 0 Å². The van der Waals surface area contributed by atoms with Crippen LogP contribution in [0.1, 0.15) is 0 Å². The Bertz CT molecular complexity index is 2280. The van der Waals surface area contributed by atoms with E-state index in [0.29, 0.717) is 0 Å². The van der Waals surface area contributed by atoms with Gasteiger partial charge >= 0.3 is 0 Å². The molecule has 0 amide bonds. The number of fused-ring (bicyclic) bond motifs is 9. The first-order valence-electron chi connectivity index (χ1n) is 12.7. The Morgan fingerprint density at radius 1 is 0.667 bits per heavy atom. The molecule has 0 aliphatic rings. The number of pyridine rings is 2. The van der Waals surface area contributed by atoms with E-state index in [4.69, 9.17) is 16.8 Å². The Hall–Kier alpha value is -4.51. The summed E-state index contributed by atoms with van der Waals surface area (Å²) in [4.78, 5) is 18.5. The van der Waals surface area contributed by atoms with Gasteiger partial charge in [-0.05, 0) is 35.0 Å². The first kappa shape index (κ1) is 22.5. The molecule has 0 saturated heterocycles. The van der Waals surface area contributed by atoms with Crippen LogP contribution in [-0.2, 0) is 11.8 Å². The van der Waals surface area contributed by atoms with Crippen molar-refractivity contribution in [1.82, 2.24) is 24.3 Å². The quantitative estimate of drug-likeness (QED) is 0.208. The van der Waals surface area contributed by atoms with Crippen molar-refractivity contribution in [3.05, 3.63) is 122 Å². The second kappa shape index (κ2) is 8.50. The first-order chi connectivity index (χ1) is 19.2. The van der Waals surface area contributed by atoms with Crippen LogP contribution in [0, 0.1) is 0 Å². The summed E-state index contributed by atoms with van der Waals surface area (Å²) in [6.45, 7) is 0. The minimum absolute atomic E-state index is 0.875. The number of rotatable bonds is 3. The number of nitrogens with zero attached hydrogens (tertiary/aromatic N) is 5. The second-order valence-corrected chi connectivity index (χ2v) is 13.9. The smallest absolute Gasteiger partial charge is 0.146 e. The molecule has 0 saturated carbocycles. The lowest BCUT2D eigenvalue weighted by molar-refractivity contribution is 1.22. The summed E-state index contributed by atoms with van der Waals surface area (Å²) in [6.07, 6.45) is 7.11. The van der Waals surface area contributed by atoms with Crippen LogP contribution in [0.25, 0.3) is 49.3 Å². The van der Waals surface area contributed by atoms with Crippen molar-refractivity contribution in [2.45, 2.75) is 0 Å². The van der Waals surface area contributed by atoms with Gasteiger partial charge in [-0.2, -0.15) is 0 Å². The molecule has 0 bridgehead atoms. The van der Waals surface area contributed by atoms with Crippen LogP contribution >= 0.6 is 6.04 Å². The SMILES string of the molecule is S=P(c1cccnc1)(c1ccc2cncnc2c1)c1cccc2c1nc1c3ccccc3c3ccccc3n21. The maximum Gasteiger partial charge on any atom is 0.146 e. The molecule has 39 heavy (non-hydrogen) atoms. The summed E-state index contributed by atoms with van der Waals surface area (Å²) in [5.74, 6) is 0. The molecule has 184 valence electrons. The van der Waals surface area contributed by atoms with E-state index in [0.717, 1.165) is 54.4 Å². The van der Waals surface area contributed by atoms with Gasteiger partial charge in [0.2, 0.25) is 0 Å².